The van der Waals surface area contributed by atoms with Crippen LogP contribution >= 0.6 is 39.3 Å². The SMILES string of the molecule is CC[C@H](C)OC(=O)CN1C(=O)S/C(=C/c2ccc(OCC(=O)Nc3ccc(Br)c(Cl)c3)c(OC)c2)C1=O. The van der Waals surface area contributed by atoms with Gasteiger partial charge in [-0.25, -0.2) is 0 Å². The number of benzene rings is 2. The third-order valence-electron chi connectivity index (χ3n) is 5.12. The zero-order chi connectivity index (χ0) is 27.1. The predicted octanol–water partition coefficient (Wildman–Crippen LogP) is 5.51. The van der Waals surface area contributed by atoms with Gasteiger partial charge in [0.25, 0.3) is 17.1 Å². The van der Waals surface area contributed by atoms with Crippen LogP contribution in [0.1, 0.15) is 25.8 Å². The highest BCUT2D eigenvalue weighted by atomic mass is 79.9. The number of esters is 1. The molecule has 3 amide bonds. The van der Waals surface area contributed by atoms with Crippen molar-refractivity contribution in [2.24, 2.45) is 0 Å². The average molecular weight is 612 g/mol. The number of ether oxygens (including phenoxy) is 3. The number of thioether (sulfide) groups is 1. The average Bonchev–Trinajstić information content (AvgIpc) is 3.12. The number of halogens is 2. The third-order valence-corrected chi connectivity index (χ3v) is 7.26. The summed E-state index contributed by atoms with van der Waals surface area (Å²) in [6.45, 7) is 2.86. The van der Waals surface area contributed by atoms with Gasteiger partial charge in [0.1, 0.15) is 6.54 Å². The first-order chi connectivity index (χ1) is 17.6. The van der Waals surface area contributed by atoms with Crippen molar-refractivity contribution in [3.8, 4) is 11.5 Å². The second kappa shape index (κ2) is 13.0. The van der Waals surface area contributed by atoms with Gasteiger partial charge in [0, 0.05) is 10.2 Å². The van der Waals surface area contributed by atoms with Crippen LogP contribution in [-0.2, 0) is 19.1 Å². The van der Waals surface area contributed by atoms with Crippen molar-refractivity contribution in [1.29, 1.82) is 0 Å². The van der Waals surface area contributed by atoms with Crippen LogP contribution in [0.5, 0.6) is 11.5 Å². The van der Waals surface area contributed by atoms with Gasteiger partial charge in [0.15, 0.2) is 18.1 Å². The Morgan fingerprint density at radius 1 is 1.19 bits per heavy atom. The Morgan fingerprint density at radius 2 is 1.95 bits per heavy atom. The molecule has 1 N–H and O–H groups in total. The zero-order valence-corrected chi connectivity index (χ0v) is 23.4. The topological polar surface area (TPSA) is 111 Å². The molecule has 3 rings (SSSR count). The van der Waals surface area contributed by atoms with Crippen LogP contribution in [0.3, 0.4) is 0 Å². The van der Waals surface area contributed by atoms with Crippen molar-refractivity contribution < 1.29 is 33.4 Å². The second-order valence-corrected chi connectivity index (χ2v) is 10.1. The molecule has 2 aromatic carbocycles. The first-order valence-electron chi connectivity index (χ1n) is 11.1. The van der Waals surface area contributed by atoms with E-state index in [1.807, 2.05) is 6.92 Å². The Balaban J connectivity index is 1.64. The quantitative estimate of drug-likeness (QED) is 0.277. The first kappa shape index (κ1) is 28.5. The summed E-state index contributed by atoms with van der Waals surface area (Å²) in [5.41, 5.74) is 1.08. The molecule has 37 heavy (non-hydrogen) atoms. The summed E-state index contributed by atoms with van der Waals surface area (Å²) >= 11 is 10.1. The monoisotopic (exact) mass is 610 g/mol. The zero-order valence-electron chi connectivity index (χ0n) is 20.2. The summed E-state index contributed by atoms with van der Waals surface area (Å²) in [4.78, 5) is 50.3. The fourth-order valence-electron chi connectivity index (χ4n) is 3.07. The van der Waals surface area contributed by atoms with Gasteiger partial charge < -0.3 is 19.5 Å². The van der Waals surface area contributed by atoms with E-state index in [4.69, 9.17) is 25.8 Å². The molecule has 0 aliphatic carbocycles. The number of amides is 3. The lowest BCUT2D eigenvalue weighted by molar-refractivity contribution is -0.150. The number of hydrogen-bond acceptors (Lipinski definition) is 8. The summed E-state index contributed by atoms with van der Waals surface area (Å²) in [7, 11) is 1.44. The summed E-state index contributed by atoms with van der Waals surface area (Å²) < 4.78 is 16.8. The number of methoxy groups -OCH3 is 1. The molecule has 0 radical (unpaired) electrons. The minimum atomic E-state index is -0.645. The van der Waals surface area contributed by atoms with E-state index >= 15 is 0 Å². The molecule has 0 unspecified atom stereocenters. The van der Waals surface area contributed by atoms with Crippen molar-refractivity contribution in [2.75, 3.05) is 25.6 Å². The molecule has 1 heterocycles. The van der Waals surface area contributed by atoms with Gasteiger partial charge in [-0.2, -0.15) is 0 Å². The maximum Gasteiger partial charge on any atom is 0.326 e. The minimum absolute atomic E-state index is 0.157. The van der Waals surface area contributed by atoms with E-state index in [-0.39, 0.29) is 17.6 Å². The molecule has 12 heteroatoms. The number of carbonyl (C=O) groups excluding carboxylic acids is 4. The number of anilines is 1. The molecule has 9 nitrogen and oxygen atoms in total. The molecular formula is C25H24BrClN2O7S. The van der Waals surface area contributed by atoms with E-state index in [0.717, 1.165) is 16.7 Å². The smallest absolute Gasteiger partial charge is 0.326 e. The molecule has 1 atom stereocenters. The second-order valence-electron chi connectivity index (χ2n) is 7.85. The lowest BCUT2D eigenvalue weighted by Crippen LogP contribution is -2.35. The summed E-state index contributed by atoms with van der Waals surface area (Å²) in [6.07, 6.45) is 1.84. The van der Waals surface area contributed by atoms with Crippen molar-refractivity contribution in [2.45, 2.75) is 26.4 Å². The Kier molecular flexibility index (Phi) is 10.0. The van der Waals surface area contributed by atoms with Gasteiger partial charge in [-0.15, -0.1) is 0 Å². The van der Waals surface area contributed by atoms with Crippen LogP contribution < -0.4 is 14.8 Å². The molecule has 1 aliphatic heterocycles. The van der Waals surface area contributed by atoms with E-state index in [0.29, 0.717) is 38.7 Å². The highest BCUT2D eigenvalue weighted by Gasteiger charge is 2.36. The van der Waals surface area contributed by atoms with Crippen LogP contribution in [0, 0.1) is 0 Å². The van der Waals surface area contributed by atoms with Crippen LogP contribution in [0.2, 0.25) is 5.02 Å². The van der Waals surface area contributed by atoms with Crippen LogP contribution in [-0.4, -0.2) is 54.3 Å². The van der Waals surface area contributed by atoms with E-state index in [1.165, 1.54) is 13.2 Å². The fourth-order valence-corrected chi connectivity index (χ4v) is 4.33. The minimum Gasteiger partial charge on any atom is -0.493 e. The lowest BCUT2D eigenvalue weighted by Gasteiger charge is -2.14. The molecule has 196 valence electrons. The standard InChI is InChI=1S/C25H24BrClN2O7S/c1-4-14(2)36-23(31)12-29-24(32)21(37-25(29)33)10-15-5-8-19(20(9-15)34-3)35-13-22(30)28-16-6-7-17(26)18(27)11-16/h5-11,14H,4,12-13H2,1-3H3,(H,28,30)/b21-10+/t14-/m0/s1. The molecule has 1 aliphatic rings. The molecule has 1 fully saturated rings. The molecular weight excluding hydrogens is 588 g/mol. The summed E-state index contributed by atoms with van der Waals surface area (Å²) in [6, 6.07) is 9.85. The van der Waals surface area contributed by atoms with Crippen molar-refractivity contribution >= 4 is 74.1 Å². The van der Waals surface area contributed by atoms with Crippen molar-refractivity contribution in [3.63, 3.8) is 0 Å². The maximum atomic E-state index is 12.7. The number of nitrogens with one attached hydrogen (secondary N) is 1. The fraction of sp³-hybridized carbons (Fsp3) is 0.280. The Bertz CT molecular complexity index is 1250. The Morgan fingerprint density at radius 3 is 2.62 bits per heavy atom. The van der Waals surface area contributed by atoms with E-state index < -0.39 is 29.6 Å². The molecule has 0 spiro atoms. The number of nitrogens with zero attached hydrogens (tertiary/aromatic N) is 1. The number of imide groups is 1. The van der Waals surface area contributed by atoms with Gasteiger partial charge in [-0.1, -0.05) is 24.6 Å². The molecule has 1 saturated heterocycles. The normalized spacial score (nSPS) is 15.1. The van der Waals surface area contributed by atoms with Gasteiger partial charge >= 0.3 is 5.97 Å². The van der Waals surface area contributed by atoms with E-state index in [9.17, 15) is 19.2 Å². The first-order valence-corrected chi connectivity index (χ1v) is 13.1. The number of hydrogen-bond donors (Lipinski definition) is 1. The third kappa shape index (κ3) is 7.73. The molecule has 0 aromatic heterocycles. The summed E-state index contributed by atoms with van der Waals surface area (Å²) in [5.74, 6) is -0.993. The highest BCUT2D eigenvalue weighted by molar-refractivity contribution is 9.10. The van der Waals surface area contributed by atoms with Gasteiger partial charge in [-0.3, -0.25) is 24.1 Å². The predicted molar refractivity (Wildman–Crippen MR) is 145 cm³/mol. The molecule has 2 aromatic rings. The van der Waals surface area contributed by atoms with Crippen LogP contribution in [0.4, 0.5) is 10.5 Å². The Hall–Kier alpha value is -3.02. The lowest BCUT2D eigenvalue weighted by atomic mass is 10.2. The van der Waals surface area contributed by atoms with E-state index in [2.05, 4.69) is 21.2 Å². The van der Waals surface area contributed by atoms with Gasteiger partial charge in [0.05, 0.1) is 23.1 Å². The molecule has 0 bridgehead atoms. The van der Waals surface area contributed by atoms with Gasteiger partial charge in [-0.05, 0) is 83.0 Å². The number of rotatable bonds is 10. The largest absolute Gasteiger partial charge is 0.493 e. The van der Waals surface area contributed by atoms with Crippen molar-refractivity contribution in [3.05, 3.63) is 56.4 Å². The van der Waals surface area contributed by atoms with Crippen LogP contribution in [0.15, 0.2) is 45.8 Å². The summed E-state index contributed by atoms with van der Waals surface area (Å²) in [5, 5.41) is 2.59. The van der Waals surface area contributed by atoms with Crippen LogP contribution in [0.25, 0.3) is 6.08 Å². The molecule has 0 saturated carbocycles. The highest BCUT2D eigenvalue weighted by Crippen LogP contribution is 2.34. The maximum absolute atomic E-state index is 12.7. The van der Waals surface area contributed by atoms with Gasteiger partial charge in [0.2, 0.25) is 0 Å². The number of carbonyl (C=O) groups is 4. The van der Waals surface area contributed by atoms with Crippen molar-refractivity contribution in [1.82, 2.24) is 4.90 Å². The van der Waals surface area contributed by atoms with E-state index in [1.54, 1.807) is 43.3 Å². The Labute approximate surface area is 231 Å².